The zero-order valence-electron chi connectivity index (χ0n) is 18.7. The van der Waals surface area contributed by atoms with Crippen molar-refractivity contribution in [1.29, 1.82) is 0 Å². The molecule has 0 rings (SSSR count). The third-order valence-electron chi connectivity index (χ3n) is 5.40. The zero-order valence-corrected chi connectivity index (χ0v) is 18.7. The Kier molecular flexibility index (Phi) is 19.9. The van der Waals surface area contributed by atoms with Crippen molar-refractivity contribution in [3.63, 3.8) is 0 Å². The molecular weight excluding hydrogens is 352 g/mol. The van der Waals surface area contributed by atoms with Gasteiger partial charge in [-0.25, -0.2) is 0 Å². The van der Waals surface area contributed by atoms with Crippen LogP contribution in [0.1, 0.15) is 129 Å². The van der Waals surface area contributed by atoms with Crippen LogP contribution in [-0.2, 0) is 14.3 Å². The maximum absolute atomic E-state index is 12.0. The molecule has 0 aromatic carbocycles. The molecule has 0 radical (unpaired) electrons. The number of ether oxygens (including phenoxy) is 1. The molecule has 0 heterocycles. The first-order valence-electron chi connectivity index (χ1n) is 12.0. The molecule has 4 nitrogen and oxygen atoms in total. The van der Waals surface area contributed by atoms with Gasteiger partial charge in [0.15, 0.2) is 0 Å². The molecular formula is C24H46O4. The van der Waals surface area contributed by atoms with Gasteiger partial charge in [-0.1, -0.05) is 110 Å². The maximum atomic E-state index is 12.0. The summed E-state index contributed by atoms with van der Waals surface area (Å²) in [5, 5.41) is 9.01. The first kappa shape index (κ1) is 26.9. The Balaban J connectivity index is 3.58. The highest BCUT2D eigenvalue weighted by Gasteiger charge is 2.22. The lowest BCUT2D eigenvalue weighted by Crippen LogP contribution is -2.21. The predicted molar refractivity (Wildman–Crippen MR) is 117 cm³/mol. The summed E-state index contributed by atoms with van der Waals surface area (Å²) < 4.78 is 5.21. The Labute approximate surface area is 173 Å². The normalized spacial score (nSPS) is 12.1. The van der Waals surface area contributed by atoms with Gasteiger partial charge >= 0.3 is 11.9 Å². The van der Waals surface area contributed by atoms with Crippen molar-refractivity contribution in [2.24, 2.45) is 5.92 Å². The Morgan fingerprint density at radius 2 is 1.11 bits per heavy atom. The topological polar surface area (TPSA) is 63.6 Å². The number of hydrogen-bond donors (Lipinski definition) is 1. The van der Waals surface area contributed by atoms with E-state index in [-0.39, 0.29) is 12.4 Å². The van der Waals surface area contributed by atoms with Crippen LogP contribution in [0.25, 0.3) is 0 Å². The van der Waals surface area contributed by atoms with Gasteiger partial charge < -0.3 is 9.84 Å². The van der Waals surface area contributed by atoms with Crippen molar-refractivity contribution in [2.75, 3.05) is 6.61 Å². The molecule has 0 aliphatic carbocycles. The van der Waals surface area contributed by atoms with Gasteiger partial charge in [0.1, 0.15) is 0 Å². The third-order valence-corrected chi connectivity index (χ3v) is 5.40. The number of carboxylic acids is 1. The van der Waals surface area contributed by atoms with E-state index in [1.54, 1.807) is 0 Å². The van der Waals surface area contributed by atoms with Crippen molar-refractivity contribution in [3.8, 4) is 0 Å². The van der Waals surface area contributed by atoms with Crippen molar-refractivity contribution >= 4 is 11.9 Å². The number of carbonyl (C=O) groups is 2. The maximum Gasteiger partial charge on any atom is 0.309 e. The SMILES string of the molecule is CCCCCCCCCCCCCCCC[C@H](CC(=O)O)C(=O)OCCCC. The van der Waals surface area contributed by atoms with Crippen molar-refractivity contribution in [2.45, 2.75) is 129 Å². The van der Waals surface area contributed by atoms with Crippen molar-refractivity contribution < 1.29 is 19.4 Å². The first-order valence-corrected chi connectivity index (χ1v) is 12.0. The van der Waals surface area contributed by atoms with E-state index in [0.717, 1.165) is 25.7 Å². The van der Waals surface area contributed by atoms with Crippen LogP contribution in [0.15, 0.2) is 0 Å². The highest BCUT2D eigenvalue weighted by molar-refractivity contribution is 5.79. The van der Waals surface area contributed by atoms with Gasteiger partial charge in [-0.15, -0.1) is 0 Å². The Morgan fingerprint density at radius 3 is 1.54 bits per heavy atom. The largest absolute Gasteiger partial charge is 0.481 e. The molecule has 0 unspecified atom stereocenters. The fourth-order valence-electron chi connectivity index (χ4n) is 3.53. The molecule has 166 valence electrons. The van der Waals surface area contributed by atoms with Crippen LogP contribution < -0.4 is 0 Å². The van der Waals surface area contributed by atoms with Crippen molar-refractivity contribution in [3.05, 3.63) is 0 Å². The summed E-state index contributed by atoms with van der Waals surface area (Å²) in [6.07, 6.45) is 20.4. The number of unbranched alkanes of at least 4 members (excludes halogenated alkanes) is 14. The van der Waals surface area contributed by atoms with Crippen LogP contribution in [0.5, 0.6) is 0 Å². The molecule has 0 aliphatic heterocycles. The summed E-state index contributed by atoms with van der Waals surface area (Å²) in [6, 6.07) is 0. The second-order valence-electron chi connectivity index (χ2n) is 8.20. The average molecular weight is 399 g/mol. The molecule has 0 saturated heterocycles. The Bertz CT molecular complexity index is 368. The fraction of sp³-hybridized carbons (Fsp3) is 0.917. The van der Waals surface area contributed by atoms with E-state index in [1.807, 2.05) is 6.92 Å². The molecule has 0 aromatic heterocycles. The van der Waals surface area contributed by atoms with Crippen LogP contribution in [0, 0.1) is 5.92 Å². The molecule has 0 bridgehead atoms. The van der Waals surface area contributed by atoms with Gasteiger partial charge in [-0.05, 0) is 12.8 Å². The van der Waals surface area contributed by atoms with E-state index in [0.29, 0.717) is 13.0 Å². The Hall–Kier alpha value is -1.06. The number of hydrogen-bond acceptors (Lipinski definition) is 3. The van der Waals surface area contributed by atoms with E-state index < -0.39 is 11.9 Å². The number of esters is 1. The lowest BCUT2D eigenvalue weighted by molar-refractivity contribution is -0.153. The smallest absolute Gasteiger partial charge is 0.309 e. The third kappa shape index (κ3) is 18.3. The van der Waals surface area contributed by atoms with Crippen LogP contribution in [-0.4, -0.2) is 23.7 Å². The molecule has 0 fully saturated rings. The minimum atomic E-state index is -0.914. The summed E-state index contributed by atoms with van der Waals surface area (Å²) in [6.45, 7) is 4.71. The zero-order chi connectivity index (χ0) is 20.9. The number of rotatable bonds is 21. The van der Waals surface area contributed by atoms with Crippen molar-refractivity contribution in [1.82, 2.24) is 0 Å². The lowest BCUT2D eigenvalue weighted by atomic mass is 9.97. The van der Waals surface area contributed by atoms with E-state index in [4.69, 9.17) is 9.84 Å². The monoisotopic (exact) mass is 398 g/mol. The van der Waals surface area contributed by atoms with E-state index in [9.17, 15) is 9.59 Å². The summed E-state index contributed by atoms with van der Waals surface area (Å²) in [5.41, 5.74) is 0. The minimum absolute atomic E-state index is 0.108. The highest BCUT2D eigenvalue weighted by atomic mass is 16.5. The number of carbonyl (C=O) groups excluding carboxylic acids is 1. The molecule has 28 heavy (non-hydrogen) atoms. The fourth-order valence-corrected chi connectivity index (χ4v) is 3.53. The predicted octanol–water partition coefficient (Wildman–Crippen LogP) is 7.29. The van der Waals surface area contributed by atoms with Crippen LogP contribution in [0.4, 0.5) is 0 Å². The van der Waals surface area contributed by atoms with Gasteiger partial charge in [-0.3, -0.25) is 9.59 Å². The average Bonchev–Trinajstić information content (AvgIpc) is 2.67. The summed E-state index contributed by atoms with van der Waals surface area (Å²) in [4.78, 5) is 23.0. The second kappa shape index (κ2) is 20.7. The van der Waals surface area contributed by atoms with Gasteiger partial charge in [-0.2, -0.15) is 0 Å². The molecule has 0 aliphatic rings. The molecule has 0 spiro atoms. The first-order chi connectivity index (χ1) is 13.6. The molecule has 0 amide bonds. The second-order valence-corrected chi connectivity index (χ2v) is 8.20. The van der Waals surface area contributed by atoms with Gasteiger partial charge in [0, 0.05) is 0 Å². The van der Waals surface area contributed by atoms with E-state index >= 15 is 0 Å². The quantitative estimate of drug-likeness (QED) is 0.163. The van der Waals surface area contributed by atoms with Crippen LogP contribution in [0.3, 0.4) is 0 Å². The van der Waals surface area contributed by atoms with E-state index in [2.05, 4.69) is 6.92 Å². The number of aliphatic carboxylic acids is 1. The van der Waals surface area contributed by atoms with Gasteiger partial charge in [0.2, 0.25) is 0 Å². The molecule has 4 heteroatoms. The molecule has 1 N–H and O–H groups in total. The Morgan fingerprint density at radius 1 is 0.679 bits per heavy atom. The van der Waals surface area contributed by atoms with Crippen LogP contribution in [0.2, 0.25) is 0 Å². The van der Waals surface area contributed by atoms with Gasteiger partial charge in [0.25, 0.3) is 0 Å². The van der Waals surface area contributed by atoms with Gasteiger partial charge in [0.05, 0.1) is 18.9 Å². The molecule has 0 aromatic rings. The molecule has 1 atom stereocenters. The van der Waals surface area contributed by atoms with Crippen LogP contribution >= 0.6 is 0 Å². The minimum Gasteiger partial charge on any atom is -0.481 e. The highest BCUT2D eigenvalue weighted by Crippen LogP contribution is 2.18. The van der Waals surface area contributed by atoms with E-state index in [1.165, 1.54) is 77.0 Å². The lowest BCUT2D eigenvalue weighted by Gasteiger charge is -2.14. The molecule has 0 saturated carbocycles. The summed E-state index contributed by atoms with van der Waals surface area (Å²) in [7, 11) is 0. The summed E-state index contributed by atoms with van der Waals surface area (Å²) >= 11 is 0. The summed E-state index contributed by atoms with van der Waals surface area (Å²) in [5.74, 6) is -1.72. The standard InChI is InChI=1S/C24H46O4/c1-3-5-7-8-9-10-11-12-13-14-15-16-17-18-19-22(21-23(25)26)24(27)28-20-6-4-2/h22H,3-21H2,1-2H3,(H,25,26)/t22-/m1/s1. The number of carboxylic acid groups (broad SMARTS) is 1.